The van der Waals surface area contributed by atoms with Gasteiger partial charge in [0.25, 0.3) is 0 Å². The highest BCUT2D eigenvalue weighted by Crippen LogP contribution is 2.18. The van der Waals surface area contributed by atoms with Crippen molar-refractivity contribution in [3.63, 3.8) is 0 Å². The zero-order valence-electron chi connectivity index (χ0n) is 15.4. The molecule has 1 unspecified atom stereocenters. The molecule has 0 amide bonds. The minimum Gasteiger partial charge on any atom is -0.356 e. The Hall–Kier alpha value is -0.410. The summed E-state index contributed by atoms with van der Waals surface area (Å²) < 4.78 is 0. The molecule has 1 aliphatic heterocycles. The largest absolute Gasteiger partial charge is 0.356 e. The molecule has 2 heterocycles. The van der Waals surface area contributed by atoms with Gasteiger partial charge in [0.1, 0.15) is 0 Å². The molecule has 138 valence electrons. The first-order valence-electron chi connectivity index (χ1n) is 8.81. The van der Waals surface area contributed by atoms with E-state index in [0.717, 1.165) is 38.4 Å². The number of nitrogens with zero attached hydrogens (tertiary/aromatic N) is 3. The fourth-order valence-electron chi connectivity index (χ4n) is 3.19. The number of aromatic nitrogens is 1. The number of thiazole rings is 1. The normalized spacial score (nSPS) is 18.5. The zero-order valence-corrected chi connectivity index (χ0v) is 18.5. The van der Waals surface area contributed by atoms with Crippen molar-refractivity contribution in [1.29, 1.82) is 0 Å². The highest BCUT2D eigenvalue weighted by molar-refractivity contribution is 14.0. The van der Waals surface area contributed by atoms with E-state index < -0.39 is 0 Å². The minimum absolute atomic E-state index is 0. The Kier molecular flexibility index (Phi) is 10.1. The summed E-state index contributed by atoms with van der Waals surface area (Å²) in [4.78, 5) is 12.9. The van der Waals surface area contributed by atoms with E-state index in [-0.39, 0.29) is 24.0 Å². The van der Waals surface area contributed by atoms with Gasteiger partial charge in [-0.3, -0.25) is 9.89 Å². The molecule has 0 bridgehead atoms. The van der Waals surface area contributed by atoms with Crippen LogP contribution in [0.4, 0.5) is 0 Å². The third kappa shape index (κ3) is 6.15. The first-order chi connectivity index (χ1) is 11.2. The van der Waals surface area contributed by atoms with E-state index in [0.29, 0.717) is 6.04 Å². The van der Waals surface area contributed by atoms with Crippen LogP contribution in [0, 0.1) is 6.92 Å². The van der Waals surface area contributed by atoms with E-state index >= 15 is 0 Å². The summed E-state index contributed by atoms with van der Waals surface area (Å²) in [5.41, 5.74) is 1.24. The monoisotopic (exact) mass is 465 g/mol. The fraction of sp³-hybridized carbons (Fsp3) is 0.765. The maximum Gasteiger partial charge on any atom is 0.191 e. The van der Waals surface area contributed by atoms with Gasteiger partial charge < -0.3 is 10.6 Å². The minimum atomic E-state index is 0. The quantitative estimate of drug-likeness (QED) is 0.370. The average Bonchev–Trinajstić information content (AvgIpc) is 3.16. The van der Waals surface area contributed by atoms with E-state index in [1.807, 2.05) is 18.4 Å². The number of nitrogens with one attached hydrogen (secondary N) is 2. The summed E-state index contributed by atoms with van der Waals surface area (Å²) in [6, 6.07) is 0.646. The van der Waals surface area contributed by atoms with Crippen LogP contribution in [0.2, 0.25) is 0 Å². The van der Waals surface area contributed by atoms with Crippen LogP contribution in [-0.4, -0.2) is 55.1 Å². The molecule has 0 aromatic carbocycles. The molecule has 1 aromatic rings. The first-order valence-corrected chi connectivity index (χ1v) is 9.63. The lowest BCUT2D eigenvalue weighted by molar-refractivity contribution is 0.267. The molecule has 1 saturated heterocycles. The van der Waals surface area contributed by atoms with E-state index in [4.69, 9.17) is 4.98 Å². The second kappa shape index (κ2) is 11.3. The summed E-state index contributed by atoms with van der Waals surface area (Å²) in [6.07, 6.45) is 4.58. The number of hydrogen-bond donors (Lipinski definition) is 2. The van der Waals surface area contributed by atoms with Gasteiger partial charge in [-0.25, -0.2) is 4.98 Å². The van der Waals surface area contributed by atoms with Crippen LogP contribution < -0.4 is 10.6 Å². The number of likely N-dealkylation sites (N-methyl/N-ethyl adjacent to an activating group) is 1. The molecule has 5 nitrogen and oxygen atoms in total. The van der Waals surface area contributed by atoms with E-state index in [1.165, 1.54) is 35.0 Å². The highest BCUT2D eigenvalue weighted by atomic mass is 127. The maximum absolute atomic E-state index is 4.69. The third-order valence-corrected chi connectivity index (χ3v) is 5.61. The lowest BCUT2D eigenvalue weighted by atomic mass is 10.2. The first kappa shape index (κ1) is 21.6. The zero-order chi connectivity index (χ0) is 16.7. The number of aliphatic imine (C=N–C) groups is 1. The van der Waals surface area contributed by atoms with E-state index in [9.17, 15) is 0 Å². The maximum atomic E-state index is 4.69. The van der Waals surface area contributed by atoms with Gasteiger partial charge in [0, 0.05) is 37.5 Å². The van der Waals surface area contributed by atoms with Crippen molar-refractivity contribution >= 4 is 41.3 Å². The molecule has 24 heavy (non-hydrogen) atoms. The molecule has 1 fully saturated rings. The number of hydrogen-bond acceptors (Lipinski definition) is 4. The Morgan fingerprint density at radius 3 is 2.79 bits per heavy atom. The molecule has 0 spiro atoms. The molecular weight excluding hydrogens is 433 g/mol. The SMILES string of the molecule is CCc1nc(CCNC(=NC)NCC2CCCN2CC)sc1C.I. The summed E-state index contributed by atoms with van der Waals surface area (Å²) in [7, 11) is 1.84. The second-order valence-corrected chi connectivity index (χ2v) is 7.31. The van der Waals surface area contributed by atoms with Gasteiger partial charge in [-0.2, -0.15) is 0 Å². The van der Waals surface area contributed by atoms with Crippen molar-refractivity contribution in [2.24, 2.45) is 4.99 Å². The number of halogens is 1. The number of rotatable bonds is 7. The molecule has 2 rings (SSSR count). The van der Waals surface area contributed by atoms with Crippen LogP contribution in [-0.2, 0) is 12.8 Å². The van der Waals surface area contributed by atoms with Gasteiger partial charge in [-0.15, -0.1) is 35.3 Å². The number of aryl methyl sites for hydroxylation is 2. The van der Waals surface area contributed by atoms with Gasteiger partial charge in [0.05, 0.1) is 10.7 Å². The summed E-state index contributed by atoms with van der Waals surface area (Å²) >= 11 is 1.82. The lowest BCUT2D eigenvalue weighted by Crippen LogP contribution is -2.45. The van der Waals surface area contributed by atoms with Crippen molar-refractivity contribution in [3.05, 3.63) is 15.6 Å². The number of likely N-dealkylation sites (tertiary alicyclic amines) is 1. The Morgan fingerprint density at radius 2 is 2.17 bits per heavy atom. The van der Waals surface area contributed by atoms with Crippen molar-refractivity contribution in [3.8, 4) is 0 Å². The molecule has 1 atom stereocenters. The summed E-state index contributed by atoms with van der Waals surface area (Å²) in [5, 5.41) is 8.10. The molecular formula is C17H32IN5S. The van der Waals surface area contributed by atoms with Gasteiger partial charge in [0.15, 0.2) is 5.96 Å². The average molecular weight is 465 g/mol. The molecule has 0 saturated carbocycles. The molecule has 7 heteroatoms. The van der Waals surface area contributed by atoms with Crippen LogP contribution in [0.1, 0.15) is 42.3 Å². The predicted octanol–water partition coefficient (Wildman–Crippen LogP) is 2.82. The van der Waals surface area contributed by atoms with Crippen molar-refractivity contribution in [2.45, 2.75) is 52.5 Å². The topological polar surface area (TPSA) is 52.6 Å². The molecule has 0 radical (unpaired) electrons. The van der Waals surface area contributed by atoms with Crippen molar-refractivity contribution in [1.82, 2.24) is 20.5 Å². The summed E-state index contributed by atoms with van der Waals surface area (Å²) in [6.45, 7) is 10.8. The standard InChI is InChI=1S/C17H31N5S.HI/c1-5-15-13(3)23-16(21-15)9-10-19-17(18-4)20-12-14-8-7-11-22(14)6-2;/h14H,5-12H2,1-4H3,(H2,18,19,20);1H. The van der Waals surface area contributed by atoms with Crippen molar-refractivity contribution in [2.75, 3.05) is 33.2 Å². The molecule has 0 aliphatic carbocycles. The summed E-state index contributed by atoms with van der Waals surface area (Å²) in [5.74, 6) is 0.900. The van der Waals surface area contributed by atoms with Gasteiger partial charge in [-0.1, -0.05) is 13.8 Å². The highest BCUT2D eigenvalue weighted by Gasteiger charge is 2.22. The van der Waals surface area contributed by atoms with Crippen molar-refractivity contribution < 1.29 is 0 Å². The van der Waals surface area contributed by atoms with E-state index in [1.54, 1.807) is 0 Å². The molecule has 1 aliphatic rings. The van der Waals surface area contributed by atoms with Crippen LogP contribution >= 0.6 is 35.3 Å². The van der Waals surface area contributed by atoms with Crippen LogP contribution in [0.3, 0.4) is 0 Å². The van der Waals surface area contributed by atoms with Crippen LogP contribution in [0.25, 0.3) is 0 Å². The Morgan fingerprint density at radius 1 is 1.38 bits per heavy atom. The predicted molar refractivity (Wildman–Crippen MR) is 115 cm³/mol. The smallest absolute Gasteiger partial charge is 0.191 e. The van der Waals surface area contributed by atoms with Crippen LogP contribution in [0.5, 0.6) is 0 Å². The fourth-order valence-corrected chi connectivity index (χ4v) is 4.21. The molecule has 1 aromatic heterocycles. The lowest BCUT2D eigenvalue weighted by Gasteiger charge is -2.23. The van der Waals surface area contributed by atoms with Crippen LogP contribution in [0.15, 0.2) is 4.99 Å². The van der Waals surface area contributed by atoms with Gasteiger partial charge in [0.2, 0.25) is 0 Å². The van der Waals surface area contributed by atoms with Gasteiger partial charge in [-0.05, 0) is 39.3 Å². The number of guanidine groups is 1. The van der Waals surface area contributed by atoms with Gasteiger partial charge >= 0.3 is 0 Å². The Bertz CT molecular complexity index is 517. The third-order valence-electron chi connectivity index (χ3n) is 4.54. The Balaban J connectivity index is 0.00000288. The molecule has 2 N–H and O–H groups in total. The Labute approximate surface area is 167 Å². The van der Waals surface area contributed by atoms with E-state index in [2.05, 4.69) is 41.3 Å². The second-order valence-electron chi connectivity index (χ2n) is 6.02.